The van der Waals surface area contributed by atoms with Gasteiger partial charge in [-0.15, -0.1) is 0 Å². The molecule has 0 saturated carbocycles. The van der Waals surface area contributed by atoms with E-state index in [0.717, 1.165) is 48.2 Å². The highest BCUT2D eigenvalue weighted by Gasteiger charge is 2.23. The van der Waals surface area contributed by atoms with Crippen molar-refractivity contribution >= 4 is 10.9 Å². The predicted molar refractivity (Wildman–Crippen MR) is 88.2 cm³/mol. The minimum absolute atomic E-state index is 0.0149. The summed E-state index contributed by atoms with van der Waals surface area (Å²) in [4.78, 5) is 21.8. The van der Waals surface area contributed by atoms with Gasteiger partial charge in [0.2, 0.25) is 0 Å². The van der Waals surface area contributed by atoms with Crippen LogP contribution in [0.2, 0.25) is 0 Å². The third kappa shape index (κ3) is 2.90. The lowest BCUT2D eigenvalue weighted by molar-refractivity contribution is 0.201. The van der Waals surface area contributed by atoms with E-state index in [-0.39, 0.29) is 5.56 Å². The number of nitrogens with zero attached hydrogens (tertiary/aromatic N) is 3. The molecule has 1 aliphatic heterocycles. The molecule has 0 amide bonds. The van der Waals surface area contributed by atoms with Crippen LogP contribution in [-0.2, 0) is 6.54 Å². The van der Waals surface area contributed by atoms with Crippen LogP contribution in [0.15, 0.2) is 41.5 Å². The first-order valence-corrected chi connectivity index (χ1v) is 7.98. The molecule has 0 radical (unpaired) electrons. The van der Waals surface area contributed by atoms with Crippen molar-refractivity contribution in [1.82, 2.24) is 25.1 Å². The smallest absolute Gasteiger partial charge is 0.252 e. The second-order valence-corrected chi connectivity index (χ2v) is 6.13. The van der Waals surface area contributed by atoms with Gasteiger partial charge in [0.15, 0.2) is 0 Å². The summed E-state index contributed by atoms with van der Waals surface area (Å²) in [6, 6.07) is 9.91. The average molecular weight is 309 g/mol. The molecule has 0 spiro atoms. The van der Waals surface area contributed by atoms with Gasteiger partial charge in [0.1, 0.15) is 12.2 Å². The Morgan fingerprint density at radius 1 is 1.22 bits per heavy atom. The molecule has 0 bridgehead atoms. The van der Waals surface area contributed by atoms with Gasteiger partial charge < -0.3 is 4.98 Å². The van der Waals surface area contributed by atoms with Gasteiger partial charge in [-0.25, -0.2) is 4.98 Å². The Hall–Kier alpha value is -2.47. The Morgan fingerprint density at radius 3 is 2.83 bits per heavy atom. The van der Waals surface area contributed by atoms with E-state index >= 15 is 0 Å². The van der Waals surface area contributed by atoms with Gasteiger partial charge in [-0.1, -0.05) is 18.2 Å². The number of hydrogen-bond acceptors (Lipinski definition) is 4. The average Bonchev–Trinajstić information content (AvgIpc) is 3.11. The first-order chi connectivity index (χ1) is 11.3. The number of aromatic nitrogens is 4. The second-order valence-electron chi connectivity index (χ2n) is 6.13. The maximum atomic E-state index is 12.3. The lowest BCUT2D eigenvalue weighted by Crippen LogP contribution is -2.34. The molecule has 0 atom stereocenters. The summed E-state index contributed by atoms with van der Waals surface area (Å²) in [5.41, 5.74) is 1.74. The Bertz CT molecular complexity index is 847. The van der Waals surface area contributed by atoms with Gasteiger partial charge in [0.25, 0.3) is 5.56 Å². The number of hydrogen-bond donors (Lipinski definition) is 2. The summed E-state index contributed by atoms with van der Waals surface area (Å²) in [6.07, 6.45) is 3.65. The van der Waals surface area contributed by atoms with Gasteiger partial charge in [0, 0.05) is 23.5 Å². The summed E-state index contributed by atoms with van der Waals surface area (Å²) < 4.78 is 0. The van der Waals surface area contributed by atoms with E-state index in [2.05, 4.69) is 25.1 Å². The summed E-state index contributed by atoms with van der Waals surface area (Å²) in [7, 11) is 0. The molecular formula is C17H19N5O. The summed E-state index contributed by atoms with van der Waals surface area (Å²) in [5, 5.41) is 7.98. The fraction of sp³-hybridized carbons (Fsp3) is 0.353. The van der Waals surface area contributed by atoms with Crippen LogP contribution in [0.4, 0.5) is 0 Å². The molecule has 6 heteroatoms. The highest BCUT2D eigenvalue weighted by Crippen LogP contribution is 2.25. The first-order valence-electron chi connectivity index (χ1n) is 7.98. The maximum absolute atomic E-state index is 12.3. The lowest BCUT2D eigenvalue weighted by Gasteiger charge is -2.30. The van der Waals surface area contributed by atoms with Crippen molar-refractivity contribution in [3.63, 3.8) is 0 Å². The van der Waals surface area contributed by atoms with Crippen molar-refractivity contribution < 1.29 is 0 Å². The lowest BCUT2D eigenvalue weighted by atomic mass is 9.96. The fourth-order valence-corrected chi connectivity index (χ4v) is 3.33. The van der Waals surface area contributed by atoms with E-state index in [1.165, 1.54) is 0 Å². The van der Waals surface area contributed by atoms with Gasteiger partial charge in [-0.05, 0) is 43.5 Å². The summed E-state index contributed by atoms with van der Waals surface area (Å²) >= 11 is 0. The number of para-hydroxylation sites is 1. The Balaban J connectivity index is 1.47. The largest absolute Gasteiger partial charge is 0.322 e. The molecule has 1 saturated heterocycles. The highest BCUT2D eigenvalue weighted by molar-refractivity contribution is 5.78. The topological polar surface area (TPSA) is 77.7 Å². The molecule has 0 aliphatic carbocycles. The van der Waals surface area contributed by atoms with E-state index in [1.807, 2.05) is 30.3 Å². The van der Waals surface area contributed by atoms with Crippen molar-refractivity contribution in [2.75, 3.05) is 13.1 Å². The van der Waals surface area contributed by atoms with E-state index in [0.29, 0.717) is 12.5 Å². The molecule has 1 fully saturated rings. The van der Waals surface area contributed by atoms with Gasteiger partial charge >= 0.3 is 0 Å². The zero-order chi connectivity index (χ0) is 15.6. The first kappa shape index (κ1) is 14.1. The number of benzene rings is 1. The number of H-pyrrole nitrogens is 2. The number of piperidine rings is 1. The minimum Gasteiger partial charge on any atom is -0.322 e. The summed E-state index contributed by atoms with van der Waals surface area (Å²) in [5.74, 6) is 1.43. The third-order valence-corrected chi connectivity index (χ3v) is 4.63. The molecule has 2 N–H and O–H groups in total. The van der Waals surface area contributed by atoms with Crippen LogP contribution >= 0.6 is 0 Å². The Morgan fingerprint density at radius 2 is 2.04 bits per heavy atom. The Labute approximate surface area is 133 Å². The van der Waals surface area contributed by atoms with E-state index < -0.39 is 0 Å². The Kier molecular flexibility index (Phi) is 3.67. The molecule has 1 aromatic carbocycles. The zero-order valence-corrected chi connectivity index (χ0v) is 12.8. The zero-order valence-electron chi connectivity index (χ0n) is 12.8. The quantitative estimate of drug-likeness (QED) is 0.776. The van der Waals surface area contributed by atoms with Crippen molar-refractivity contribution in [2.24, 2.45) is 0 Å². The second kappa shape index (κ2) is 5.96. The maximum Gasteiger partial charge on any atom is 0.252 e. The number of pyridine rings is 1. The number of likely N-dealkylation sites (tertiary alicyclic amines) is 1. The number of aromatic amines is 2. The molecular weight excluding hydrogens is 290 g/mol. The molecule has 4 rings (SSSR count). The molecule has 118 valence electrons. The predicted octanol–water partition coefficient (Wildman–Crippen LogP) is 2.03. The van der Waals surface area contributed by atoms with Crippen LogP contribution in [0.5, 0.6) is 0 Å². The molecule has 0 unspecified atom stereocenters. The standard InChI is InChI=1S/C17H19N5O/c23-17-14(9-13-3-1-2-4-15(13)20-17)10-22-7-5-12(6-8-22)16-18-11-19-21-16/h1-4,9,11-12H,5-8,10H2,(H,20,23)(H,18,19,21). The van der Waals surface area contributed by atoms with E-state index in [1.54, 1.807) is 6.33 Å². The monoisotopic (exact) mass is 309 g/mol. The molecule has 23 heavy (non-hydrogen) atoms. The molecule has 1 aliphatic rings. The summed E-state index contributed by atoms with van der Waals surface area (Å²) in [6.45, 7) is 2.64. The number of nitrogens with one attached hydrogen (secondary N) is 2. The molecule has 3 aromatic rings. The van der Waals surface area contributed by atoms with Crippen LogP contribution in [-0.4, -0.2) is 38.2 Å². The van der Waals surface area contributed by atoms with Crippen molar-refractivity contribution in [3.05, 3.63) is 58.4 Å². The third-order valence-electron chi connectivity index (χ3n) is 4.63. The van der Waals surface area contributed by atoms with Gasteiger partial charge in [-0.3, -0.25) is 14.8 Å². The van der Waals surface area contributed by atoms with Crippen LogP contribution in [0, 0.1) is 0 Å². The van der Waals surface area contributed by atoms with Crippen molar-refractivity contribution in [2.45, 2.75) is 25.3 Å². The minimum atomic E-state index is 0.0149. The normalized spacial score (nSPS) is 16.9. The van der Waals surface area contributed by atoms with Gasteiger partial charge in [0.05, 0.1) is 0 Å². The van der Waals surface area contributed by atoms with Gasteiger partial charge in [-0.2, -0.15) is 5.10 Å². The van der Waals surface area contributed by atoms with E-state index in [9.17, 15) is 4.79 Å². The van der Waals surface area contributed by atoms with Crippen molar-refractivity contribution in [1.29, 1.82) is 0 Å². The number of rotatable bonds is 3. The van der Waals surface area contributed by atoms with Crippen LogP contribution in [0.3, 0.4) is 0 Å². The number of fused-ring (bicyclic) bond motifs is 1. The highest BCUT2D eigenvalue weighted by atomic mass is 16.1. The molecule has 6 nitrogen and oxygen atoms in total. The molecule has 2 aromatic heterocycles. The van der Waals surface area contributed by atoms with Crippen molar-refractivity contribution in [3.8, 4) is 0 Å². The fourth-order valence-electron chi connectivity index (χ4n) is 3.33. The van der Waals surface area contributed by atoms with Crippen LogP contribution < -0.4 is 5.56 Å². The van der Waals surface area contributed by atoms with Crippen LogP contribution in [0.1, 0.15) is 30.1 Å². The van der Waals surface area contributed by atoms with Crippen LogP contribution in [0.25, 0.3) is 10.9 Å². The SMILES string of the molecule is O=c1[nH]c2ccccc2cc1CN1CCC(c2ncn[nH]2)CC1. The molecule has 3 heterocycles. The van der Waals surface area contributed by atoms with E-state index in [4.69, 9.17) is 0 Å².